The molecule has 1 aliphatic rings. The largest absolute Gasteiger partial charge is 0.478 e. The molecule has 0 aliphatic carbocycles. The van der Waals surface area contributed by atoms with E-state index in [4.69, 9.17) is 9.47 Å². The zero-order valence-electron chi connectivity index (χ0n) is 16.2. The molecule has 0 aromatic heterocycles. The molecular formula is C22H22O6S2. The Labute approximate surface area is 182 Å². The van der Waals surface area contributed by atoms with E-state index in [1.54, 1.807) is 24.3 Å². The third-order valence-electron chi connectivity index (χ3n) is 4.54. The lowest BCUT2D eigenvalue weighted by Gasteiger charge is -2.11. The van der Waals surface area contributed by atoms with Crippen molar-refractivity contribution < 1.29 is 29.0 Å². The highest BCUT2D eigenvalue weighted by Crippen LogP contribution is 2.39. The topological polar surface area (TPSA) is 89.9 Å². The molecule has 1 unspecified atom stereocenters. The molecule has 6 nitrogen and oxygen atoms in total. The predicted octanol–water partition coefficient (Wildman–Crippen LogP) is 5.22. The minimum absolute atomic E-state index is 0.0606. The first-order chi connectivity index (χ1) is 14.5. The molecule has 0 saturated carbocycles. The molecule has 0 amide bonds. The van der Waals surface area contributed by atoms with Crippen molar-refractivity contribution in [2.24, 2.45) is 0 Å². The highest BCUT2D eigenvalue weighted by molar-refractivity contribution is 8.77. The number of carboxylic acid groups (broad SMARTS) is 1. The van der Waals surface area contributed by atoms with Crippen LogP contribution in [-0.4, -0.2) is 34.0 Å². The summed E-state index contributed by atoms with van der Waals surface area (Å²) in [6.07, 6.45) is 4.29. The summed E-state index contributed by atoms with van der Waals surface area (Å²) in [5.41, 5.74) is -0.0652. The second-order valence-electron chi connectivity index (χ2n) is 6.74. The van der Waals surface area contributed by atoms with E-state index in [2.05, 4.69) is 0 Å². The first kappa shape index (κ1) is 22.2. The highest BCUT2D eigenvalue weighted by atomic mass is 33.1. The zero-order chi connectivity index (χ0) is 21.3. The second kappa shape index (κ2) is 11.1. The quantitative estimate of drug-likeness (QED) is 0.243. The van der Waals surface area contributed by atoms with E-state index in [1.807, 2.05) is 21.6 Å². The summed E-state index contributed by atoms with van der Waals surface area (Å²) in [5.74, 6) is -1.17. The molecule has 1 aliphatic heterocycles. The third kappa shape index (κ3) is 6.27. The van der Waals surface area contributed by atoms with Crippen LogP contribution in [0.5, 0.6) is 11.5 Å². The molecule has 0 radical (unpaired) electrons. The van der Waals surface area contributed by atoms with Gasteiger partial charge in [0.25, 0.3) is 0 Å². The number of benzene rings is 2. The number of hydrogen-bond donors (Lipinski definition) is 1. The fourth-order valence-corrected chi connectivity index (χ4v) is 6.02. The van der Waals surface area contributed by atoms with Gasteiger partial charge in [-0.05, 0) is 43.5 Å². The molecule has 2 aromatic carbocycles. The molecule has 1 atom stereocenters. The molecule has 1 N–H and O–H groups in total. The van der Waals surface area contributed by atoms with Crippen LogP contribution in [0.1, 0.15) is 52.8 Å². The average molecular weight is 447 g/mol. The highest BCUT2D eigenvalue weighted by Gasteiger charge is 2.20. The lowest BCUT2D eigenvalue weighted by atomic mass is 10.1. The molecule has 30 heavy (non-hydrogen) atoms. The molecule has 158 valence electrons. The maximum atomic E-state index is 12.6. The Morgan fingerprint density at radius 3 is 2.27 bits per heavy atom. The van der Waals surface area contributed by atoms with Crippen LogP contribution in [0.15, 0.2) is 48.5 Å². The fourth-order valence-electron chi connectivity index (χ4n) is 2.99. The van der Waals surface area contributed by atoms with Gasteiger partial charge in [0.05, 0.1) is 0 Å². The van der Waals surface area contributed by atoms with Crippen molar-refractivity contribution in [1.29, 1.82) is 0 Å². The summed E-state index contributed by atoms with van der Waals surface area (Å²) in [6, 6.07) is 12.1. The number of rotatable bonds is 9. The maximum Gasteiger partial charge on any atom is 0.347 e. The number of ether oxygens (including phenoxy) is 2. The van der Waals surface area contributed by atoms with Gasteiger partial charge in [-0.3, -0.25) is 4.79 Å². The van der Waals surface area contributed by atoms with Crippen LogP contribution in [0.3, 0.4) is 0 Å². The molecule has 1 saturated heterocycles. The van der Waals surface area contributed by atoms with Crippen LogP contribution in [0.2, 0.25) is 0 Å². The Bertz CT molecular complexity index is 908. The number of carboxylic acids is 1. The van der Waals surface area contributed by atoms with Crippen molar-refractivity contribution in [1.82, 2.24) is 0 Å². The minimum Gasteiger partial charge on any atom is -0.478 e. The standard InChI is InChI=1S/C22H22O6S2/c23-20(12-6-1-7-15-13-14-29-30-15)27-19-11-5-3-9-17(19)22(26)28-18-10-4-2-8-16(18)21(24)25/h2-5,8-11,15H,1,6-7,12-14H2,(H,24,25). The fraction of sp³-hybridized carbons (Fsp3) is 0.318. The summed E-state index contributed by atoms with van der Waals surface area (Å²) in [7, 11) is 3.83. The van der Waals surface area contributed by atoms with Gasteiger partial charge < -0.3 is 14.6 Å². The van der Waals surface area contributed by atoms with Crippen LogP contribution in [-0.2, 0) is 4.79 Å². The molecule has 0 spiro atoms. The monoisotopic (exact) mass is 446 g/mol. The molecular weight excluding hydrogens is 424 g/mol. The Hall–Kier alpha value is -2.45. The van der Waals surface area contributed by atoms with Gasteiger partial charge in [-0.25, -0.2) is 9.59 Å². The number of carbonyl (C=O) groups excluding carboxylic acids is 2. The van der Waals surface area contributed by atoms with Crippen LogP contribution < -0.4 is 9.47 Å². The van der Waals surface area contributed by atoms with Gasteiger partial charge in [0.1, 0.15) is 22.6 Å². The Kier molecular flexibility index (Phi) is 8.21. The third-order valence-corrected chi connectivity index (χ3v) is 7.54. The van der Waals surface area contributed by atoms with Gasteiger partial charge in [0.2, 0.25) is 0 Å². The SMILES string of the molecule is O=C(CCCCC1CCSS1)Oc1ccccc1C(=O)Oc1ccccc1C(=O)O. The van der Waals surface area contributed by atoms with Gasteiger partial charge in [0, 0.05) is 17.4 Å². The summed E-state index contributed by atoms with van der Waals surface area (Å²) < 4.78 is 10.6. The van der Waals surface area contributed by atoms with Crippen LogP contribution in [0.4, 0.5) is 0 Å². The lowest BCUT2D eigenvalue weighted by molar-refractivity contribution is -0.134. The molecule has 1 heterocycles. The van der Waals surface area contributed by atoms with E-state index in [9.17, 15) is 19.5 Å². The number of para-hydroxylation sites is 2. The minimum atomic E-state index is -1.20. The van der Waals surface area contributed by atoms with E-state index in [1.165, 1.54) is 36.4 Å². The summed E-state index contributed by atoms with van der Waals surface area (Å²) in [4.78, 5) is 36.1. The van der Waals surface area contributed by atoms with Gasteiger partial charge in [-0.1, -0.05) is 52.3 Å². The van der Waals surface area contributed by atoms with Crippen molar-refractivity contribution in [2.75, 3.05) is 5.75 Å². The molecule has 3 rings (SSSR count). The van der Waals surface area contributed by atoms with E-state index in [0.29, 0.717) is 5.25 Å². The van der Waals surface area contributed by atoms with Crippen LogP contribution in [0, 0.1) is 0 Å². The van der Waals surface area contributed by atoms with E-state index >= 15 is 0 Å². The van der Waals surface area contributed by atoms with Crippen molar-refractivity contribution in [2.45, 2.75) is 37.4 Å². The van der Waals surface area contributed by atoms with Crippen molar-refractivity contribution >= 4 is 39.5 Å². The Balaban J connectivity index is 1.57. The maximum absolute atomic E-state index is 12.6. The molecule has 8 heteroatoms. The number of aromatic carboxylic acids is 1. The molecule has 1 fully saturated rings. The molecule has 2 aromatic rings. The van der Waals surface area contributed by atoms with E-state index in [-0.39, 0.29) is 29.0 Å². The number of carbonyl (C=O) groups is 3. The number of esters is 2. The smallest absolute Gasteiger partial charge is 0.347 e. The van der Waals surface area contributed by atoms with Gasteiger partial charge in [-0.2, -0.15) is 0 Å². The van der Waals surface area contributed by atoms with Gasteiger partial charge in [-0.15, -0.1) is 0 Å². The Morgan fingerprint density at radius 1 is 0.933 bits per heavy atom. The summed E-state index contributed by atoms with van der Waals surface area (Å²) >= 11 is 0. The predicted molar refractivity (Wildman–Crippen MR) is 117 cm³/mol. The van der Waals surface area contributed by atoms with Crippen molar-refractivity contribution in [3.05, 3.63) is 59.7 Å². The van der Waals surface area contributed by atoms with Gasteiger partial charge >= 0.3 is 17.9 Å². The second-order valence-corrected chi connectivity index (χ2v) is 9.52. The first-order valence-electron chi connectivity index (χ1n) is 9.67. The zero-order valence-corrected chi connectivity index (χ0v) is 17.9. The molecule has 0 bridgehead atoms. The first-order valence-corrected chi connectivity index (χ1v) is 12.1. The van der Waals surface area contributed by atoms with E-state index in [0.717, 1.165) is 19.3 Å². The van der Waals surface area contributed by atoms with Crippen LogP contribution in [0.25, 0.3) is 0 Å². The normalized spacial score (nSPS) is 15.5. The van der Waals surface area contributed by atoms with E-state index < -0.39 is 17.9 Å². The van der Waals surface area contributed by atoms with Gasteiger partial charge in [0.15, 0.2) is 0 Å². The summed E-state index contributed by atoms with van der Waals surface area (Å²) in [5, 5.41) is 9.91. The summed E-state index contributed by atoms with van der Waals surface area (Å²) in [6.45, 7) is 0. The van der Waals surface area contributed by atoms with Crippen molar-refractivity contribution in [3.63, 3.8) is 0 Å². The van der Waals surface area contributed by atoms with Crippen molar-refractivity contribution in [3.8, 4) is 11.5 Å². The Morgan fingerprint density at radius 2 is 1.60 bits per heavy atom. The average Bonchev–Trinajstić information content (AvgIpc) is 3.25. The van der Waals surface area contributed by atoms with Crippen LogP contribution >= 0.6 is 21.6 Å². The lowest BCUT2D eigenvalue weighted by Crippen LogP contribution is -2.15. The number of hydrogen-bond acceptors (Lipinski definition) is 7. The number of unbranched alkanes of at least 4 members (excludes halogenated alkanes) is 1.